The van der Waals surface area contributed by atoms with Crippen molar-refractivity contribution in [3.05, 3.63) is 95.6 Å². The topological polar surface area (TPSA) is 118 Å². The lowest BCUT2D eigenvalue weighted by molar-refractivity contribution is -0.0738. The van der Waals surface area contributed by atoms with Gasteiger partial charge in [-0.1, -0.05) is 54.6 Å². The van der Waals surface area contributed by atoms with E-state index in [0.29, 0.717) is 23.4 Å². The Labute approximate surface area is 228 Å². The van der Waals surface area contributed by atoms with Crippen LogP contribution in [0, 0.1) is 0 Å². The molecule has 0 aliphatic heterocycles. The van der Waals surface area contributed by atoms with Crippen molar-refractivity contribution < 1.29 is 10.2 Å². The molecule has 7 nitrogen and oxygen atoms in total. The fourth-order valence-electron chi connectivity index (χ4n) is 5.15. The molecular formula is C29H27N5O2S2. The second kappa shape index (κ2) is 9.14. The van der Waals surface area contributed by atoms with Gasteiger partial charge in [0.1, 0.15) is 21.9 Å². The maximum Gasteiger partial charge on any atom is 0.141 e. The Bertz CT molecular complexity index is 1570. The van der Waals surface area contributed by atoms with E-state index in [1.165, 1.54) is 17.7 Å². The highest BCUT2D eigenvalue weighted by atomic mass is 32.1. The highest BCUT2D eigenvalue weighted by Gasteiger charge is 2.49. The summed E-state index contributed by atoms with van der Waals surface area (Å²) in [4.78, 5) is 19.6. The highest BCUT2D eigenvalue weighted by Crippen LogP contribution is 2.47. The van der Waals surface area contributed by atoms with Gasteiger partial charge in [-0.05, 0) is 37.8 Å². The summed E-state index contributed by atoms with van der Waals surface area (Å²) in [7, 11) is 0. The number of nitrogens with two attached hydrogens (primary N) is 1. The quantitative estimate of drug-likeness (QED) is 0.265. The number of hydrogen-bond acceptors (Lipinski definition) is 9. The van der Waals surface area contributed by atoms with Crippen LogP contribution in [0.15, 0.2) is 79.5 Å². The fourth-order valence-corrected chi connectivity index (χ4v) is 7.27. The fraction of sp³-hybridized carbons (Fsp3) is 0.241. The van der Waals surface area contributed by atoms with Gasteiger partial charge in [0.05, 0.1) is 21.0 Å². The first-order valence-corrected chi connectivity index (χ1v) is 13.9. The van der Waals surface area contributed by atoms with E-state index in [1.54, 1.807) is 36.9 Å². The zero-order valence-corrected chi connectivity index (χ0v) is 22.6. The van der Waals surface area contributed by atoms with Crippen LogP contribution in [0.2, 0.25) is 0 Å². The SMILES string of the molecule is CC1(O)CC(N)(c2ccc(-c3nc(-c4cnc([C@](C)(O)c5cncnc5)s4)sc3-c3ccccc3)cc2)C1. The third-order valence-corrected chi connectivity index (χ3v) is 9.53. The molecule has 0 amide bonds. The van der Waals surface area contributed by atoms with Crippen molar-refractivity contribution in [2.75, 3.05) is 0 Å². The number of nitrogens with zero attached hydrogens (tertiary/aromatic N) is 4. The zero-order chi connectivity index (χ0) is 26.5. The summed E-state index contributed by atoms with van der Waals surface area (Å²) >= 11 is 3.01. The highest BCUT2D eigenvalue weighted by molar-refractivity contribution is 7.23. The van der Waals surface area contributed by atoms with Crippen molar-refractivity contribution in [2.24, 2.45) is 5.73 Å². The number of benzene rings is 2. The molecule has 1 aliphatic carbocycles. The summed E-state index contributed by atoms with van der Waals surface area (Å²) in [6, 6.07) is 18.4. The second-order valence-electron chi connectivity index (χ2n) is 10.4. The Balaban J connectivity index is 1.37. The van der Waals surface area contributed by atoms with Crippen LogP contribution in [0.1, 0.15) is 42.8 Å². The van der Waals surface area contributed by atoms with Gasteiger partial charge in [0.2, 0.25) is 0 Å². The Morgan fingerprint density at radius 3 is 2.26 bits per heavy atom. The molecule has 1 aliphatic rings. The van der Waals surface area contributed by atoms with Crippen LogP contribution >= 0.6 is 22.7 Å². The summed E-state index contributed by atoms with van der Waals surface area (Å²) < 4.78 is 0. The van der Waals surface area contributed by atoms with E-state index >= 15 is 0 Å². The summed E-state index contributed by atoms with van der Waals surface area (Å²) in [5.74, 6) is 0. The van der Waals surface area contributed by atoms with Gasteiger partial charge < -0.3 is 15.9 Å². The van der Waals surface area contributed by atoms with Gasteiger partial charge >= 0.3 is 0 Å². The predicted octanol–water partition coefficient (Wildman–Crippen LogP) is 5.35. The summed E-state index contributed by atoms with van der Waals surface area (Å²) in [5, 5.41) is 22.8. The van der Waals surface area contributed by atoms with Crippen LogP contribution < -0.4 is 5.73 Å². The molecule has 6 rings (SSSR count). The molecule has 5 aromatic rings. The standard InChI is InChI=1S/C29H27N5O2S2/c1-27(35)15-29(30,16-27)20-10-8-18(9-11-20)23-24(19-6-4-3-5-7-19)38-25(34-23)22-14-33-26(37-22)28(2,36)21-12-31-17-32-13-21/h3-14,17,35-36H,15-16,30H2,1-2H3/t27?,28-,29?/m1/s1. The first-order valence-electron chi connectivity index (χ1n) is 12.3. The molecule has 3 heterocycles. The molecule has 1 saturated carbocycles. The van der Waals surface area contributed by atoms with Gasteiger partial charge in [0.15, 0.2) is 0 Å². The minimum absolute atomic E-state index is 0.503. The van der Waals surface area contributed by atoms with E-state index < -0.39 is 16.7 Å². The molecule has 3 aromatic heterocycles. The second-order valence-corrected chi connectivity index (χ2v) is 12.4. The monoisotopic (exact) mass is 541 g/mol. The normalized spacial score (nSPS) is 22.6. The molecule has 0 unspecified atom stereocenters. The number of hydrogen-bond donors (Lipinski definition) is 3. The summed E-state index contributed by atoms with van der Waals surface area (Å²) in [6.45, 7) is 3.53. The van der Waals surface area contributed by atoms with Gasteiger partial charge in [-0.15, -0.1) is 22.7 Å². The van der Waals surface area contributed by atoms with Crippen LogP contribution in [0.5, 0.6) is 0 Å². The molecule has 0 spiro atoms. The Morgan fingerprint density at radius 1 is 0.921 bits per heavy atom. The molecule has 2 aromatic carbocycles. The minimum Gasteiger partial charge on any atom is -0.390 e. The number of rotatable bonds is 6. The molecule has 4 N–H and O–H groups in total. The van der Waals surface area contributed by atoms with Crippen LogP contribution in [0.4, 0.5) is 0 Å². The summed E-state index contributed by atoms with van der Waals surface area (Å²) in [6.07, 6.45) is 7.49. The summed E-state index contributed by atoms with van der Waals surface area (Å²) in [5.41, 5.74) is 8.59. The molecule has 1 atom stereocenters. The first-order chi connectivity index (χ1) is 18.1. The maximum absolute atomic E-state index is 11.2. The smallest absolute Gasteiger partial charge is 0.141 e. The molecule has 1 fully saturated rings. The average molecular weight is 542 g/mol. The van der Waals surface area contributed by atoms with E-state index in [4.69, 9.17) is 10.7 Å². The van der Waals surface area contributed by atoms with Crippen molar-refractivity contribution in [1.29, 1.82) is 0 Å². The van der Waals surface area contributed by atoms with Crippen LogP contribution in [0.3, 0.4) is 0 Å². The lowest BCUT2D eigenvalue weighted by atomic mass is 9.63. The lowest BCUT2D eigenvalue weighted by Gasteiger charge is -2.49. The van der Waals surface area contributed by atoms with E-state index in [0.717, 1.165) is 37.1 Å². The first kappa shape index (κ1) is 25.0. The van der Waals surface area contributed by atoms with Crippen LogP contribution in [-0.2, 0) is 11.1 Å². The van der Waals surface area contributed by atoms with Crippen molar-refractivity contribution >= 4 is 22.7 Å². The van der Waals surface area contributed by atoms with Crippen molar-refractivity contribution in [3.8, 4) is 31.6 Å². The Kier molecular flexibility index (Phi) is 6.01. The maximum atomic E-state index is 11.2. The van der Waals surface area contributed by atoms with E-state index in [-0.39, 0.29) is 0 Å². The van der Waals surface area contributed by atoms with Crippen molar-refractivity contribution in [3.63, 3.8) is 0 Å². The van der Waals surface area contributed by atoms with Crippen LogP contribution in [-0.4, -0.2) is 35.8 Å². The van der Waals surface area contributed by atoms with Gasteiger partial charge in [-0.2, -0.15) is 0 Å². The molecule has 0 radical (unpaired) electrons. The average Bonchev–Trinajstić information content (AvgIpc) is 3.57. The minimum atomic E-state index is -1.31. The van der Waals surface area contributed by atoms with Gasteiger partial charge in [-0.3, -0.25) is 0 Å². The third kappa shape index (κ3) is 4.46. The number of thiazole rings is 2. The Hall–Kier alpha value is -3.34. The van der Waals surface area contributed by atoms with E-state index in [9.17, 15) is 10.2 Å². The number of aromatic nitrogens is 4. The molecule has 192 valence electrons. The van der Waals surface area contributed by atoms with Crippen molar-refractivity contribution in [2.45, 2.75) is 43.4 Å². The van der Waals surface area contributed by atoms with E-state index in [2.05, 4.69) is 39.2 Å². The van der Waals surface area contributed by atoms with Gasteiger partial charge in [0.25, 0.3) is 0 Å². The van der Waals surface area contributed by atoms with Crippen molar-refractivity contribution in [1.82, 2.24) is 19.9 Å². The number of aliphatic hydroxyl groups is 2. The molecule has 0 bridgehead atoms. The van der Waals surface area contributed by atoms with Gasteiger partial charge in [-0.25, -0.2) is 19.9 Å². The predicted molar refractivity (Wildman–Crippen MR) is 151 cm³/mol. The van der Waals surface area contributed by atoms with E-state index in [1.807, 2.05) is 37.3 Å². The Morgan fingerprint density at radius 2 is 1.61 bits per heavy atom. The molecule has 9 heteroatoms. The largest absolute Gasteiger partial charge is 0.390 e. The van der Waals surface area contributed by atoms with Gasteiger partial charge in [0, 0.05) is 35.3 Å². The lowest BCUT2D eigenvalue weighted by Crippen LogP contribution is -2.58. The molecule has 38 heavy (non-hydrogen) atoms. The molecule has 0 saturated heterocycles. The van der Waals surface area contributed by atoms with Crippen LogP contribution in [0.25, 0.3) is 31.6 Å². The zero-order valence-electron chi connectivity index (χ0n) is 21.0. The third-order valence-electron chi connectivity index (χ3n) is 7.04. The molecular weight excluding hydrogens is 514 g/mol.